The maximum atomic E-state index is 10.5. The molecule has 1 fully saturated rings. The molecule has 0 unspecified atom stereocenters. The monoisotopic (exact) mass is 150 g/mol. The first-order valence-electron chi connectivity index (χ1n) is 3.58. The number of carbonyl (C=O) groups excluding carboxylic acids is 1. The highest BCUT2D eigenvalue weighted by atomic mass is 16.1. The van der Waals surface area contributed by atoms with Gasteiger partial charge in [0.2, 0.25) is 0 Å². The van der Waals surface area contributed by atoms with E-state index in [4.69, 9.17) is 0 Å². The molecule has 0 amide bonds. The van der Waals surface area contributed by atoms with Gasteiger partial charge >= 0.3 is 0 Å². The number of nitrogens with zero attached hydrogens (tertiary/aromatic N) is 1. The predicted octanol–water partition coefficient (Wildman–Crippen LogP) is 0.522. The van der Waals surface area contributed by atoms with Crippen LogP contribution in [0, 0.1) is 31.1 Å². The average molecular weight is 150 g/mol. The van der Waals surface area contributed by atoms with Crippen LogP contribution in [0.15, 0.2) is 0 Å². The number of hydrogen-bond acceptors (Lipinski definition) is 2. The first-order chi connectivity index (χ1) is 5.24. The van der Waals surface area contributed by atoms with Crippen LogP contribution >= 0.6 is 0 Å². The van der Waals surface area contributed by atoms with Crippen molar-refractivity contribution < 1.29 is 4.79 Å². The third kappa shape index (κ3) is 2.29. The Hall–Kier alpha value is -0.370. The molecule has 5 radical (unpaired) electrons. The summed E-state index contributed by atoms with van der Waals surface area (Å²) in [6, 6.07) is 0. The molecule has 1 rings (SSSR count). The number of hydrogen-bond donors (Lipinski definition) is 0. The molecule has 59 valence electrons. The second-order valence-corrected chi connectivity index (χ2v) is 2.86. The van der Waals surface area contributed by atoms with Gasteiger partial charge in [0.05, 0.1) is 5.92 Å². The van der Waals surface area contributed by atoms with Crippen LogP contribution in [0.1, 0.15) is 0 Å². The Labute approximate surface area is 68.6 Å². The Kier molecular flexibility index (Phi) is 3.06. The zero-order chi connectivity index (χ0) is 8.27. The minimum absolute atomic E-state index is 0.804. The molecule has 0 bridgehead atoms. The highest BCUT2D eigenvalue weighted by Crippen LogP contribution is 2.31. The highest BCUT2D eigenvalue weighted by molar-refractivity contribution is 5.81. The summed E-state index contributed by atoms with van der Waals surface area (Å²) in [5.41, 5.74) is 0. The van der Waals surface area contributed by atoms with E-state index in [0.717, 1.165) is 24.7 Å². The van der Waals surface area contributed by atoms with E-state index in [1.807, 2.05) is 38.3 Å². The Bertz CT molecular complexity index is 134. The average Bonchev–Trinajstić information content (AvgIpc) is 2.34. The van der Waals surface area contributed by atoms with Crippen molar-refractivity contribution in [3.05, 3.63) is 31.1 Å². The highest BCUT2D eigenvalue weighted by Gasteiger charge is 2.28. The molecule has 1 saturated carbocycles. The Morgan fingerprint density at radius 2 is 2.18 bits per heavy atom. The molecule has 0 atom stereocenters. The SMILES string of the molecule is CN(C)C[C]1[CH][CH][CH][C]1C=O. The third-order valence-electron chi connectivity index (χ3n) is 1.56. The van der Waals surface area contributed by atoms with Crippen molar-refractivity contribution in [3.8, 4) is 0 Å². The minimum atomic E-state index is 0.804. The second kappa shape index (κ2) is 3.86. The van der Waals surface area contributed by atoms with Crippen molar-refractivity contribution >= 4 is 6.29 Å². The van der Waals surface area contributed by atoms with Crippen LogP contribution in [0.2, 0.25) is 0 Å². The fraction of sp³-hybridized carbons (Fsp3) is 0.333. The molecule has 0 saturated heterocycles. The van der Waals surface area contributed by atoms with Gasteiger partial charge < -0.3 is 9.69 Å². The lowest BCUT2D eigenvalue weighted by Crippen LogP contribution is -2.22. The molecule has 2 nitrogen and oxygen atoms in total. The molecule has 0 aromatic rings. The number of aldehydes is 1. The second-order valence-electron chi connectivity index (χ2n) is 2.86. The van der Waals surface area contributed by atoms with E-state index in [-0.39, 0.29) is 0 Å². The van der Waals surface area contributed by atoms with E-state index < -0.39 is 0 Å². The Balaban J connectivity index is 2.37. The molecule has 0 aromatic carbocycles. The molecular weight excluding hydrogens is 138 g/mol. The van der Waals surface area contributed by atoms with Gasteiger partial charge in [-0.05, 0) is 33.4 Å². The minimum Gasteiger partial charge on any atom is -0.309 e. The molecule has 0 N–H and O–H groups in total. The lowest BCUT2D eigenvalue weighted by Gasteiger charge is -2.17. The summed E-state index contributed by atoms with van der Waals surface area (Å²) in [7, 11) is 3.98. The van der Waals surface area contributed by atoms with Crippen LogP contribution < -0.4 is 0 Å². The van der Waals surface area contributed by atoms with E-state index in [1.54, 1.807) is 0 Å². The molecular formula is C9H12NO. The van der Waals surface area contributed by atoms with Crippen LogP contribution in [0.4, 0.5) is 0 Å². The smallest absolute Gasteiger partial charge is 0.128 e. The van der Waals surface area contributed by atoms with Gasteiger partial charge in [-0.25, -0.2) is 0 Å². The van der Waals surface area contributed by atoms with Crippen molar-refractivity contribution in [1.82, 2.24) is 4.90 Å². The summed E-state index contributed by atoms with van der Waals surface area (Å²) in [4.78, 5) is 12.5. The van der Waals surface area contributed by atoms with Gasteiger partial charge in [0.25, 0.3) is 0 Å². The fourth-order valence-electron chi connectivity index (χ4n) is 1.07. The topological polar surface area (TPSA) is 20.3 Å². The molecule has 0 aromatic heterocycles. The predicted molar refractivity (Wildman–Crippen MR) is 44.0 cm³/mol. The normalized spacial score (nSPS) is 21.4. The van der Waals surface area contributed by atoms with Gasteiger partial charge in [-0.15, -0.1) is 0 Å². The van der Waals surface area contributed by atoms with Crippen LogP contribution in [-0.4, -0.2) is 31.8 Å². The van der Waals surface area contributed by atoms with Crippen LogP contribution in [-0.2, 0) is 4.79 Å². The largest absolute Gasteiger partial charge is 0.309 e. The Morgan fingerprint density at radius 1 is 1.45 bits per heavy atom. The standard InChI is InChI=1S/C9H12NO/c1-10(2)6-8-4-3-5-9(8)7-11/h3-5,7H,6H2,1-2H3. The van der Waals surface area contributed by atoms with Gasteiger partial charge in [0.15, 0.2) is 0 Å². The molecule has 2 heteroatoms. The van der Waals surface area contributed by atoms with Gasteiger partial charge in [0.1, 0.15) is 6.29 Å². The maximum absolute atomic E-state index is 10.5. The van der Waals surface area contributed by atoms with E-state index in [9.17, 15) is 4.79 Å². The van der Waals surface area contributed by atoms with Crippen LogP contribution in [0.3, 0.4) is 0 Å². The van der Waals surface area contributed by atoms with Gasteiger partial charge in [-0.1, -0.05) is 0 Å². The molecule has 11 heavy (non-hydrogen) atoms. The summed E-state index contributed by atoms with van der Waals surface area (Å²) in [5, 5.41) is 0. The van der Waals surface area contributed by atoms with Crippen molar-refractivity contribution in [2.75, 3.05) is 20.6 Å². The lowest BCUT2D eigenvalue weighted by molar-refractivity contribution is -0.106. The van der Waals surface area contributed by atoms with Crippen molar-refractivity contribution in [1.29, 1.82) is 0 Å². The molecule has 1 aliphatic carbocycles. The third-order valence-corrected chi connectivity index (χ3v) is 1.56. The van der Waals surface area contributed by atoms with E-state index in [0.29, 0.717) is 0 Å². The summed E-state index contributed by atoms with van der Waals surface area (Å²) in [5.74, 6) is 1.91. The van der Waals surface area contributed by atoms with Gasteiger partial charge in [-0.3, -0.25) is 0 Å². The zero-order valence-corrected chi connectivity index (χ0v) is 6.87. The van der Waals surface area contributed by atoms with E-state index in [2.05, 4.69) is 0 Å². The fourth-order valence-corrected chi connectivity index (χ4v) is 1.07. The van der Waals surface area contributed by atoms with Gasteiger partial charge in [0, 0.05) is 12.5 Å². The zero-order valence-electron chi connectivity index (χ0n) is 6.87. The van der Waals surface area contributed by atoms with Gasteiger partial charge in [-0.2, -0.15) is 0 Å². The molecule has 0 aliphatic heterocycles. The number of carbonyl (C=O) groups is 1. The van der Waals surface area contributed by atoms with Crippen molar-refractivity contribution in [2.45, 2.75) is 0 Å². The first kappa shape index (κ1) is 8.72. The summed E-state index contributed by atoms with van der Waals surface area (Å²) in [6.07, 6.45) is 6.62. The van der Waals surface area contributed by atoms with E-state index in [1.165, 1.54) is 0 Å². The van der Waals surface area contributed by atoms with E-state index >= 15 is 0 Å². The molecule has 1 aliphatic rings. The van der Waals surface area contributed by atoms with Crippen molar-refractivity contribution in [2.24, 2.45) is 0 Å². The summed E-state index contributed by atoms with van der Waals surface area (Å²) >= 11 is 0. The summed E-state index contributed by atoms with van der Waals surface area (Å²) in [6.45, 7) is 0.834. The molecule has 0 heterocycles. The number of rotatable bonds is 3. The van der Waals surface area contributed by atoms with Crippen LogP contribution in [0.25, 0.3) is 0 Å². The quantitative estimate of drug-likeness (QED) is 0.547. The van der Waals surface area contributed by atoms with Crippen molar-refractivity contribution in [3.63, 3.8) is 0 Å². The lowest BCUT2D eigenvalue weighted by atomic mass is 9.97. The summed E-state index contributed by atoms with van der Waals surface area (Å²) < 4.78 is 0. The molecule has 0 spiro atoms. The maximum Gasteiger partial charge on any atom is 0.128 e. The van der Waals surface area contributed by atoms with Crippen LogP contribution in [0.5, 0.6) is 0 Å². The Morgan fingerprint density at radius 3 is 2.73 bits per heavy atom. The first-order valence-corrected chi connectivity index (χ1v) is 3.58.